The molecule has 0 aromatic carbocycles. The average molecular weight is 282 g/mol. The summed E-state index contributed by atoms with van der Waals surface area (Å²) in [5.74, 6) is -0.852. The number of nitrogens with zero attached hydrogens (tertiary/aromatic N) is 1. The molecule has 1 aliphatic carbocycles. The van der Waals surface area contributed by atoms with Gasteiger partial charge in [-0.15, -0.1) is 0 Å². The van der Waals surface area contributed by atoms with E-state index in [1.54, 1.807) is 20.8 Å². The third kappa shape index (κ3) is 2.51. The Hall–Kier alpha value is -1.59. The summed E-state index contributed by atoms with van der Waals surface area (Å²) in [7, 11) is 0. The van der Waals surface area contributed by atoms with Crippen molar-refractivity contribution >= 4 is 17.9 Å². The van der Waals surface area contributed by atoms with Gasteiger partial charge in [-0.05, 0) is 40.5 Å². The first-order chi connectivity index (χ1) is 9.16. The summed E-state index contributed by atoms with van der Waals surface area (Å²) < 4.78 is 5.25. The lowest BCUT2D eigenvalue weighted by atomic mass is 9.97. The highest BCUT2D eigenvalue weighted by atomic mass is 16.6. The van der Waals surface area contributed by atoms with Gasteiger partial charge in [0.2, 0.25) is 0 Å². The van der Waals surface area contributed by atoms with Gasteiger partial charge < -0.3 is 10.1 Å². The fourth-order valence-electron chi connectivity index (χ4n) is 2.80. The summed E-state index contributed by atoms with van der Waals surface area (Å²) in [6.45, 7) is 6.78. The molecular weight excluding hydrogens is 260 g/mol. The van der Waals surface area contributed by atoms with Crippen molar-refractivity contribution in [2.45, 2.75) is 70.6 Å². The minimum absolute atomic E-state index is 0.293. The maximum absolute atomic E-state index is 12.5. The largest absolute Gasteiger partial charge is 0.458 e. The molecule has 3 amide bonds. The van der Waals surface area contributed by atoms with Crippen LogP contribution >= 0.6 is 0 Å². The molecule has 1 unspecified atom stereocenters. The average Bonchev–Trinajstić information content (AvgIpc) is 2.84. The van der Waals surface area contributed by atoms with Gasteiger partial charge in [0.1, 0.15) is 17.2 Å². The number of hydrogen-bond donors (Lipinski definition) is 1. The third-order valence-electron chi connectivity index (χ3n) is 3.79. The van der Waals surface area contributed by atoms with Crippen LogP contribution in [0.3, 0.4) is 0 Å². The highest BCUT2D eigenvalue weighted by Crippen LogP contribution is 2.35. The molecule has 6 nitrogen and oxygen atoms in total. The lowest BCUT2D eigenvalue weighted by Crippen LogP contribution is -2.48. The second-order valence-corrected chi connectivity index (χ2v) is 6.60. The second kappa shape index (κ2) is 4.75. The number of imide groups is 1. The Kier molecular flexibility index (Phi) is 3.52. The van der Waals surface area contributed by atoms with Crippen molar-refractivity contribution in [3.05, 3.63) is 0 Å². The number of urea groups is 1. The molecule has 20 heavy (non-hydrogen) atoms. The minimum atomic E-state index is -0.901. The predicted octanol–water partition coefficient (Wildman–Crippen LogP) is 1.58. The van der Waals surface area contributed by atoms with Gasteiger partial charge in [0.25, 0.3) is 5.91 Å². The molecule has 2 rings (SSSR count). The Morgan fingerprint density at radius 3 is 2.35 bits per heavy atom. The van der Waals surface area contributed by atoms with Crippen LogP contribution in [0, 0.1) is 0 Å². The molecule has 0 aromatic heterocycles. The van der Waals surface area contributed by atoms with E-state index >= 15 is 0 Å². The molecule has 1 saturated heterocycles. The summed E-state index contributed by atoms with van der Waals surface area (Å²) in [5, 5.41) is 2.76. The summed E-state index contributed by atoms with van der Waals surface area (Å²) in [6.07, 6.45) is 3.13. The lowest BCUT2D eigenvalue weighted by Gasteiger charge is -2.26. The Labute approximate surface area is 118 Å². The van der Waals surface area contributed by atoms with E-state index in [-0.39, 0.29) is 5.91 Å². The Morgan fingerprint density at radius 1 is 1.30 bits per heavy atom. The number of rotatable bonds is 2. The van der Waals surface area contributed by atoms with E-state index in [4.69, 9.17) is 4.74 Å². The quantitative estimate of drug-likeness (QED) is 0.616. The fraction of sp³-hybridized carbons (Fsp3) is 0.786. The van der Waals surface area contributed by atoms with E-state index in [0.29, 0.717) is 12.8 Å². The highest BCUT2D eigenvalue weighted by molar-refractivity contribution is 6.09. The summed E-state index contributed by atoms with van der Waals surface area (Å²) >= 11 is 0. The van der Waals surface area contributed by atoms with Crippen LogP contribution in [0.4, 0.5) is 4.79 Å². The minimum Gasteiger partial charge on any atom is -0.458 e. The van der Waals surface area contributed by atoms with Gasteiger partial charge in [0, 0.05) is 0 Å². The van der Waals surface area contributed by atoms with Crippen molar-refractivity contribution in [1.29, 1.82) is 0 Å². The van der Waals surface area contributed by atoms with Crippen LogP contribution in [-0.4, -0.2) is 40.0 Å². The van der Waals surface area contributed by atoms with E-state index < -0.39 is 29.2 Å². The normalized spacial score (nSPS) is 23.1. The van der Waals surface area contributed by atoms with Gasteiger partial charge in [0.15, 0.2) is 0 Å². The standard InChI is InChI=1S/C14H22N2O4/c1-9(10(17)20-13(2,3)4)16-11(18)14(15-12(16)19)7-5-6-8-14/h9H,5-8H2,1-4H3,(H,15,19). The summed E-state index contributed by atoms with van der Waals surface area (Å²) in [4.78, 5) is 37.6. The van der Waals surface area contributed by atoms with E-state index in [1.165, 1.54) is 6.92 Å². The summed E-state index contributed by atoms with van der Waals surface area (Å²) in [6, 6.07) is -1.39. The molecule has 1 heterocycles. The first-order valence-electron chi connectivity index (χ1n) is 7.05. The number of carbonyl (C=O) groups is 3. The van der Waals surface area contributed by atoms with Gasteiger partial charge >= 0.3 is 12.0 Å². The molecule has 1 aliphatic heterocycles. The van der Waals surface area contributed by atoms with Crippen molar-refractivity contribution in [2.24, 2.45) is 0 Å². The van der Waals surface area contributed by atoms with Gasteiger partial charge in [-0.1, -0.05) is 12.8 Å². The molecule has 112 valence electrons. The zero-order valence-corrected chi connectivity index (χ0v) is 12.5. The molecule has 2 fully saturated rings. The molecule has 1 atom stereocenters. The summed E-state index contributed by atoms with van der Waals surface area (Å²) in [5.41, 5.74) is -1.43. The fourth-order valence-corrected chi connectivity index (χ4v) is 2.80. The van der Waals surface area contributed by atoms with E-state index in [1.807, 2.05) is 0 Å². The van der Waals surface area contributed by atoms with Gasteiger partial charge in [-0.3, -0.25) is 4.79 Å². The van der Waals surface area contributed by atoms with Crippen LogP contribution in [0.25, 0.3) is 0 Å². The van der Waals surface area contributed by atoms with Crippen LogP contribution < -0.4 is 5.32 Å². The van der Waals surface area contributed by atoms with Crippen molar-refractivity contribution in [2.75, 3.05) is 0 Å². The molecule has 0 radical (unpaired) electrons. The first-order valence-corrected chi connectivity index (χ1v) is 7.05. The smallest absolute Gasteiger partial charge is 0.329 e. The molecular formula is C14H22N2O4. The van der Waals surface area contributed by atoms with Crippen LogP contribution in [0.1, 0.15) is 53.4 Å². The zero-order chi connectivity index (χ0) is 15.1. The van der Waals surface area contributed by atoms with Crippen LogP contribution in [0.5, 0.6) is 0 Å². The van der Waals surface area contributed by atoms with Crippen LogP contribution in [-0.2, 0) is 14.3 Å². The maximum atomic E-state index is 12.5. The molecule has 1 spiro atoms. The molecule has 1 saturated carbocycles. The first kappa shape index (κ1) is 14.8. The van der Waals surface area contributed by atoms with E-state index in [2.05, 4.69) is 5.32 Å². The Balaban J connectivity index is 2.14. The number of nitrogens with one attached hydrogen (secondary N) is 1. The van der Waals surface area contributed by atoms with Crippen molar-refractivity contribution in [1.82, 2.24) is 10.2 Å². The van der Waals surface area contributed by atoms with Gasteiger partial charge in [-0.2, -0.15) is 0 Å². The third-order valence-corrected chi connectivity index (χ3v) is 3.79. The van der Waals surface area contributed by atoms with Crippen LogP contribution in [0.15, 0.2) is 0 Å². The van der Waals surface area contributed by atoms with Gasteiger partial charge in [0.05, 0.1) is 0 Å². The maximum Gasteiger partial charge on any atom is 0.329 e. The number of amides is 3. The number of esters is 1. The zero-order valence-electron chi connectivity index (χ0n) is 12.5. The molecule has 1 N–H and O–H groups in total. The Bertz CT molecular complexity index is 447. The number of carbonyl (C=O) groups excluding carboxylic acids is 3. The number of hydrogen-bond acceptors (Lipinski definition) is 4. The van der Waals surface area contributed by atoms with E-state index in [9.17, 15) is 14.4 Å². The molecule has 6 heteroatoms. The number of ether oxygens (including phenoxy) is 1. The Morgan fingerprint density at radius 2 is 1.85 bits per heavy atom. The SMILES string of the molecule is CC(C(=O)OC(C)(C)C)N1C(=O)NC2(CCCC2)C1=O. The van der Waals surface area contributed by atoms with Gasteiger partial charge in [-0.25, -0.2) is 14.5 Å². The van der Waals surface area contributed by atoms with Crippen LogP contribution in [0.2, 0.25) is 0 Å². The van der Waals surface area contributed by atoms with E-state index in [0.717, 1.165) is 17.7 Å². The van der Waals surface area contributed by atoms with Crippen molar-refractivity contribution in [3.63, 3.8) is 0 Å². The molecule has 0 aromatic rings. The molecule has 0 bridgehead atoms. The predicted molar refractivity (Wildman–Crippen MR) is 71.9 cm³/mol. The highest BCUT2D eigenvalue weighted by Gasteiger charge is 2.54. The monoisotopic (exact) mass is 282 g/mol. The van der Waals surface area contributed by atoms with Crippen molar-refractivity contribution in [3.8, 4) is 0 Å². The molecule has 2 aliphatic rings. The topological polar surface area (TPSA) is 75.7 Å². The second-order valence-electron chi connectivity index (χ2n) is 6.60. The lowest BCUT2D eigenvalue weighted by molar-refractivity contribution is -0.162. The van der Waals surface area contributed by atoms with Crippen molar-refractivity contribution < 1.29 is 19.1 Å².